The monoisotopic (exact) mass is 227 g/mol. The van der Waals surface area contributed by atoms with Crippen molar-refractivity contribution >= 4 is 11.7 Å². The lowest BCUT2D eigenvalue weighted by atomic mass is 9.72. The van der Waals surface area contributed by atoms with Gasteiger partial charge >= 0.3 is 0 Å². The fraction of sp³-hybridized carbons (Fsp3) is 0.818. The molecule has 1 rings (SSSR count). The second kappa shape index (κ2) is 5.72. The van der Waals surface area contributed by atoms with Crippen LogP contribution in [0.1, 0.15) is 45.4 Å². The lowest BCUT2D eigenvalue weighted by Gasteiger charge is -2.34. The van der Waals surface area contributed by atoms with E-state index in [1.165, 1.54) is 0 Å². The molecule has 0 unspecified atom stereocenters. The first-order valence-electron chi connectivity index (χ1n) is 5.93. The van der Waals surface area contributed by atoms with E-state index in [0.29, 0.717) is 19.4 Å². The number of hydrogen-bond acceptors (Lipinski definition) is 3. The molecular weight excluding hydrogens is 206 g/mol. The first kappa shape index (κ1) is 12.8. The molecule has 16 heavy (non-hydrogen) atoms. The zero-order chi connectivity index (χ0) is 12.0. The number of carbonyl (C=O) groups is 1. The van der Waals surface area contributed by atoms with E-state index in [9.17, 15) is 4.79 Å². The van der Waals surface area contributed by atoms with Gasteiger partial charge in [-0.25, -0.2) is 0 Å². The van der Waals surface area contributed by atoms with Gasteiger partial charge in [-0.05, 0) is 19.3 Å². The Hall–Kier alpha value is -1.26. The van der Waals surface area contributed by atoms with Gasteiger partial charge in [0.1, 0.15) is 5.41 Å². The van der Waals surface area contributed by atoms with Crippen LogP contribution >= 0.6 is 0 Å². The highest BCUT2D eigenvalue weighted by Gasteiger charge is 2.43. The van der Waals surface area contributed by atoms with Gasteiger partial charge in [-0.3, -0.25) is 4.79 Å². The Kier molecular flexibility index (Phi) is 4.58. The maximum Gasteiger partial charge on any atom is 0.233 e. The van der Waals surface area contributed by atoms with Crippen molar-refractivity contribution < 1.29 is 10.0 Å². The zero-order valence-electron chi connectivity index (χ0n) is 9.83. The molecule has 1 saturated carbocycles. The summed E-state index contributed by atoms with van der Waals surface area (Å²) in [5.41, 5.74) is 4.92. The predicted molar refractivity (Wildman–Crippen MR) is 62.2 cm³/mol. The van der Waals surface area contributed by atoms with E-state index in [1.807, 2.05) is 6.92 Å². The van der Waals surface area contributed by atoms with Crippen molar-refractivity contribution in [2.24, 2.45) is 16.3 Å². The van der Waals surface area contributed by atoms with E-state index in [2.05, 4.69) is 10.5 Å². The Morgan fingerprint density at radius 2 is 2.06 bits per heavy atom. The smallest absolute Gasteiger partial charge is 0.233 e. The van der Waals surface area contributed by atoms with Crippen LogP contribution in [0.5, 0.6) is 0 Å². The molecule has 0 aromatic heterocycles. The Morgan fingerprint density at radius 1 is 1.44 bits per heavy atom. The molecule has 5 heteroatoms. The van der Waals surface area contributed by atoms with Crippen molar-refractivity contribution in [3.05, 3.63) is 0 Å². The van der Waals surface area contributed by atoms with E-state index in [4.69, 9.17) is 10.9 Å². The molecule has 4 N–H and O–H groups in total. The van der Waals surface area contributed by atoms with Gasteiger partial charge in [0, 0.05) is 6.54 Å². The Morgan fingerprint density at radius 3 is 2.56 bits per heavy atom. The first-order valence-corrected chi connectivity index (χ1v) is 5.93. The normalized spacial score (nSPS) is 20.4. The predicted octanol–water partition coefficient (Wildman–Crippen LogP) is 1.21. The number of carbonyl (C=O) groups excluding carboxylic acids is 1. The molecule has 0 heterocycles. The summed E-state index contributed by atoms with van der Waals surface area (Å²) in [5.74, 6) is -0.0369. The fourth-order valence-electron chi connectivity index (χ4n) is 2.26. The van der Waals surface area contributed by atoms with Crippen LogP contribution in [0.4, 0.5) is 0 Å². The maximum absolute atomic E-state index is 12.1. The van der Waals surface area contributed by atoms with Crippen molar-refractivity contribution in [3.63, 3.8) is 0 Å². The molecular formula is C11H21N3O2. The summed E-state index contributed by atoms with van der Waals surface area (Å²) in [4.78, 5) is 12.1. The number of rotatable bonds is 4. The van der Waals surface area contributed by atoms with E-state index >= 15 is 0 Å². The average molecular weight is 227 g/mol. The highest BCUT2D eigenvalue weighted by molar-refractivity contribution is 6.06. The second-order valence-electron chi connectivity index (χ2n) is 4.38. The lowest BCUT2D eigenvalue weighted by molar-refractivity contribution is -0.129. The van der Waals surface area contributed by atoms with Gasteiger partial charge in [0.15, 0.2) is 5.84 Å². The summed E-state index contributed by atoms with van der Waals surface area (Å²) in [6.45, 7) is 2.64. The molecule has 92 valence electrons. The van der Waals surface area contributed by atoms with Gasteiger partial charge in [-0.15, -0.1) is 0 Å². The van der Waals surface area contributed by atoms with Crippen LogP contribution in [0.3, 0.4) is 0 Å². The molecule has 1 aliphatic rings. The molecule has 0 saturated heterocycles. The number of amides is 1. The number of amidine groups is 1. The molecule has 0 aromatic rings. The standard InChI is InChI=1S/C11H21N3O2/c1-2-8-13-10(15)11(9(12)14-16)6-4-3-5-7-11/h16H,2-8H2,1H3,(H2,12,14)(H,13,15). The SMILES string of the molecule is CCCNC(=O)C1(C(N)=NO)CCCCC1. The van der Waals surface area contributed by atoms with Gasteiger partial charge < -0.3 is 16.3 Å². The summed E-state index contributed by atoms with van der Waals surface area (Å²) in [5, 5.41) is 14.7. The van der Waals surface area contributed by atoms with Gasteiger partial charge in [0.2, 0.25) is 5.91 Å². The highest BCUT2D eigenvalue weighted by Crippen LogP contribution is 2.36. The van der Waals surface area contributed by atoms with E-state index < -0.39 is 5.41 Å². The molecule has 0 aromatic carbocycles. The minimum absolute atomic E-state index is 0.0563. The van der Waals surface area contributed by atoms with E-state index in [-0.39, 0.29) is 11.7 Å². The van der Waals surface area contributed by atoms with Crippen LogP contribution in [-0.4, -0.2) is 23.5 Å². The van der Waals surface area contributed by atoms with Crippen LogP contribution < -0.4 is 11.1 Å². The average Bonchev–Trinajstić information content (AvgIpc) is 2.35. The second-order valence-corrected chi connectivity index (χ2v) is 4.38. The number of nitrogens with two attached hydrogens (primary N) is 1. The molecule has 0 aliphatic heterocycles. The summed E-state index contributed by atoms with van der Waals surface area (Å²) in [7, 11) is 0. The van der Waals surface area contributed by atoms with Gasteiger partial charge in [0.05, 0.1) is 0 Å². The summed E-state index contributed by atoms with van der Waals surface area (Å²) in [6, 6.07) is 0. The molecule has 0 radical (unpaired) electrons. The van der Waals surface area contributed by atoms with Crippen molar-refractivity contribution in [2.45, 2.75) is 45.4 Å². The minimum Gasteiger partial charge on any atom is -0.409 e. The zero-order valence-corrected chi connectivity index (χ0v) is 9.83. The van der Waals surface area contributed by atoms with Gasteiger partial charge in [-0.1, -0.05) is 31.3 Å². The van der Waals surface area contributed by atoms with Gasteiger partial charge in [-0.2, -0.15) is 0 Å². The molecule has 1 fully saturated rings. The topological polar surface area (TPSA) is 87.7 Å². The third-order valence-corrected chi connectivity index (χ3v) is 3.28. The van der Waals surface area contributed by atoms with Crippen LogP contribution in [0.2, 0.25) is 0 Å². The van der Waals surface area contributed by atoms with Crippen LogP contribution in [0.15, 0.2) is 5.16 Å². The Bertz CT molecular complexity index is 270. The number of hydrogen-bond donors (Lipinski definition) is 3. The molecule has 1 amide bonds. The van der Waals surface area contributed by atoms with Crippen LogP contribution in [0, 0.1) is 5.41 Å². The summed E-state index contributed by atoms with van der Waals surface area (Å²) in [6.07, 6.45) is 5.27. The van der Waals surface area contributed by atoms with Gasteiger partial charge in [0.25, 0.3) is 0 Å². The van der Waals surface area contributed by atoms with E-state index in [0.717, 1.165) is 25.7 Å². The van der Waals surface area contributed by atoms with Crippen LogP contribution in [-0.2, 0) is 4.79 Å². The number of nitrogens with one attached hydrogen (secondary N) is 1. The number of nitrogens with zero attached hydrogens (tertiary/aromatic N) is 1. The molecule has 5 nitrogen and oxygen atoms in total. The molecule has 0 spiro atoms. The molecule has 0 atom stereocenters. The Labute approximate surface area is 96.1 Å². The van der Waals surface area contributed by atoms with Crippen molar-refractivity contribution in [2.75, 3.05) is 6.54 Å². The summed E-state index contributed by atoms with van der Waals surface area (Å²) < 4.78 is 0. The fourth-order valence-corrected chi connectivity index (χ4v) is 2.26. The Balaban J connectivity index is 2.81. The quantitative estimate of drug-likeness (QED) is 0.292. The number of oxime groups is 1. The third-order valence-electron chi connectivity index (χ3n) is 3.28. The minimum atomic E-state index is -0.776. The van der Waals surface area contributed by atoms with Crippen molar-refractivity contribution in [1.82, 2.24) is 5.32 Å². The van der Waals surface area contributed by atoms with Crippen LogP contribution in [0.25, 0.3) is 0 Å². The van der Waals surface area contributed by atoms with E-state index in [1.54, 1.807) is 0 Å². The van der Waals surface area contributed by atoms with Crippen molar-refractivity contribution in [1.29, 1.82) is 0 Å². The first-order chi connectivity index (χ1) is 7.67. The molecule has 0 bridgehead atoms. The maximum atomic E-state index is 12.1. The lowest BCUT2D eigenvalue weighted by Crippen LogP contribution is -2.51. The highest BCUT2D eigenvalue weighted by atomic mass is 16.4. The van der Waals surface area contributed by atoms with Crippen molar-refractivity contribution in [3.8, 4) is 0 Å². The third kappa shape index (κ3) is 2.46. The summed E-state index contributed by atoms with van der Waals surface area (Å²) >= 11 is 0. The molecule has 1 aliphatic carbocycles. The largest absolute Gasteiger partial charge is 0.409 e.